The lowest BCUT2D eigenvalue weighted by molar-refractivity contribution is -0.481. The summed E-state index contributed by atoms with van der Waals surface area (Å²) >= 11 is 0. The molecule has 0 amide bonds. The van der Waals surface area contributed by atoms with Crippen LogP contribution < -0.4 is 21.9 Å². The van der Waals surface area contributed by atoms with Crippen LogP contribution in [0, 0.1) is 5.82 Å². The second kappa shape index (κ2) is 9.43. The van der Waals surface area contributed by atoms with E-state index in [0.29, 0.717) is 34.9 Å². The van der Waals surface area contributed by atoms with Crippen molar-refractivity contribution < 1.29 is 44.0 Å². The molecule has 3 aromatic rings. The van der Waals surface area contributed by atoms with Gasteiger partial charge in [-0.25, -0.2) is 4.39 Å². The van der Waals surface area contributed by atoms with Gasteiger partial charge in [0.05, 0.1) is 30.9 Å². The molecule has 0 fully saturated rings. The minimum atomic E-state index is -4.43. The van der Waals surface area contributed by atoms with Gasteiger partial charge >= 0.3 is 6.18 Å². The van der Waals surface area contributed by atoms with Crippen molar-refractivity contribution in [2.24, 2.45) is 0 Å². The summed E-state index contributed by atoms with van der Waals surface area (Å²) in [6.07, 6.45) is -3.84. The van der Waals surface area contributed by atoms with E-state index in [0.717, 1.165) is 23.3 Å². The van der Waals surface area contributed by atoms with E-state index in [2.05, 4.69) is 0 Å². The van der Waals surface area contributed by atoms with Crippen molar-refractivity contribution in [1.29, 1.82) is 0 Å². The summed E-state index contributed by atoms with van der Waals surface area (Å²) < 4.78 is 67.0. The Kier molecular flexibility index (Phi) is 7.03. The van der Waals surface area contributed by atoms with E-state index in [1.54, 1.807) is 31.4 Å². The Morgan fingerprint density at radius 1 is 0.879 bits per heavy atom. The van der Waals surface area contributed by atoms with E-state index in [1.165, 1.54) is 25.3 Å². The quantitative estimate of drug-likeness (QED) is 0.424. The first-order valence-electron chi connectivity index (χ1n) is 10.1. The van der Waals surface area contributed by atoms with Gasteiger partial charge in [-0.05, 0) is 48.9 Å². The van der Waals surface area contributed by atoms with Crippen LogP contribution in [0.25, 0.3) is 0 Å². The van der Waals surface area contributed by atoms with Crippen LogP contribution in [-0.2, 0) is 12.6 Å². The second-order valence-electron chi connectivity index (χ2n) is 7.66. The first-order chi connectivity index (χ1) is 15.2. The molecule has 0 spiro atoms. The topological polar surface area (TPSA) is 21.5 Å². The summed E-state index contributed by atoms with van der Waals surface area (Å²) in [7, 11) is 3.07. The molecule has 4 rings (SSSR count). The van der Waals surface area contributed by atoms with Crippen LogP contribution in [0.3, 0.4) is 0 Å². The van der Waals surface area contributed by atoms with Gasteiger partial charge in [-0.2, -0.15) is 17.7 Å². The van der Waals surface area contributed by atoms with E-state index >= 15 is 0 Å². The highest BCUT2D eigenvalue weighted by Crippen LogP contribution is 2.37. The van der Waals surface area contributed by atoms with E-state index in [1.807, 2.05) is 17.6 Å². The molecule has 0 saturated carbocycles. The Hall–Kier alpha value is -3.06. The number of nitrogens with zero attached hydrogens (tertiary/aromatic N) is 1. The molecule has 174 valence electrons. The molecule has 0 radical (unpaired) electrons. The number of hydrogen-bond donors (Lipinski definition) is 0. The molecule has 3 nitrogen and oxygen atoms in total. The molecule has 0 saturated heterocycles. The Bertz CT molecular complexity index is 1190. The zero-order valence-corrected chi connectivity index (χ0v) is 19.0. The summed E-state index contributed by atoms with van der Waals surface area (Å²) in [5.74, 6) is 0.630. The molecule has 3 aromatic carbocycles. The average Bonchev–Trinajstić information content (AvgIpc) is 2.77. The molecule has 0 N–H and O–H groups in total. The Labute approximate surface area is 195 Å². The van der Waals surface area contributed by atoms with Crippen molar-refractivity contribution in [1.82, 2.24) is 0 Å². The zero-order valence-electron chi connectivity index (χ0n) is 18.2. The summed E-state index contributed by atoms with van der Waals surface area (Å²) in [4.78, 5) is 0. The Balaban J connectivity index is 0.00000306. The maximum atomic E-state index is 15.0. The first-order valence-corrected chi connectivity index (χ1v) is 10.1. The standard InChI is InChI=1S/C25H22F4NO2.ClH/c1-15-12-16-13-22(31-2)23(32-3)14-20(16)24(19-6-4-5-7-21(19)26)30(15)18-10-8-17(9-11-18)25(27,28)29;/h4-11,13-15H,12H2,1-3H3;1H/q+1;/p-1. The van der Waals surface area contributed by atoms with Crippen LogP contribution in [0.5, 0.6) is 11.5 Å². The lowest BCUT2D eigenvalue weighted by atomic mass is 9.88. The van der Waals surface area contributed by atoms with E-state index in [-0.39, 0.29) is 18.4 Å². The molecular weight excluding hydrogens is 458 g/mol. The highest BCUT2D eigenvalue weighted by molar-refractivity contribution is 6.12. The van der Waals surface area contributed by atoms with Gasteiger partial charge in [0.25, 0.3) is 0 Å². The van der Waals surface area contributed by atoms with E-state index in [9.17, 15) is 17.6 Å². The van der Waals surface area contributed by atoms with E-state index < -0.39 is 17.6 Å². The minimum absolute atomic E-state index is 0. The lowest BCUT2D eigenvalue weighted by Crippen LogP contribution is -3.00. The summed E-state index contributed by atoms with van der Waals surface area (Å²) in [6.45, 7) is 1.96. The van der Waals surface area contributed by atoms with Gasteiger partial charge in [-0.3, -0.25) is 0 Å². The smallest absolute Gasteiger partial charge is 0.416 e. The predicted octanol–water partition coefficient (Wildman–Crippen LogP) is 2.99. The third kappa shape index (κ3) is 4.55. The average molecular weight is 480 g/mol. The van der Waals surface area contributed by atoms with Gasteiger partial charge in [0, 0.05) is 18.6 Å². The van der Waals surface area contributed by atoms with Gasteiger partial charge in [-0.15, -0.1) is 0 Å². The van der Waals surface area contributed by atoms with Gasteiger partial charge in [0.1, 0.15) is 5.82 Å². The number of halogens is 5. The molecule has 0 aromatic heterocycles. The van der Waals surface area contributed by atoms with Crippen molar-refractivity contribution in [2.45, 2.75) is 25.6 Å². The number of rotatable bonds is 4. The molecule has 0 aliphatic carbocycles. The van der Waals surface area contributed by atoms with Crippen molar-refractivity contribution in [3.8, 4) is 11.5 Å². The summed E-state index contributed by atoms with van der Waals surface area (Å²) in [6, 6.07) is 14.8. The maximum Gasteiger partial charge on any atom is 0.416 e. The fraction of sp³-hybridized carbons (Fsp3) is 0.240. The van der Waals surface area contributed by atoms with Gasteiger partial charge in [-0.1, -0.05) is 12.1 Å². The third-order valence-corrected chi connectivity index (χ3v) is 5.66. The molecule has 33 heavy (non-hydrogen) atoms. The van der Waals surface area contributed by atoms with Crippen LogP contribution in [-0.4, -0.2) is 30.5 Å². The number of hydrogen-bond acceptors (Lipinski definition) is 2. The predicted molar refractivity (Wildman–Crippen MR) is 114 cm³/mol. The van der Waals surface area contributed by atoms with Crippen LogP contribution in [0.4, 0.5) is 23.2 Å². The minimum Gasteiger partial charge on any atom is -1.00 e. The Morgan fingerprint density at radius 3 is 2.06 bits per heavy atom. The number of fused-ring (bicyclic) bond motifs is 1. The molecule has 1 atom stereocenters. The van der Waals surface area contributed by atoms with Crippen molar-refractivity contribution in [3.05, 3.63) is 88.7 Å². The van der Waals surface area contributed by atoms with Gasteiger partial charge in [0.2, 0.25) is 11.4 Å². The SMILES string of the molecule is COc1cc2c(cc1OC)C(c1ccccc1F)=[N+](c1ccc(C(F)(F)F)cc1)C(C)C2.[Cl-]. The molecule has 1 unspecified atom stereocenters. The van der Waals surface area contributed by atoms with Crippen LogP contribution in [0.1, 0.15) is 29.2 Å². The van der Waals surface area contributed by atoms with Gasteiger partial charge < -0.3 is 21.9 Å². The molecule has 1 aliphatic rings. The van der Waals surface area contributed by atoms with Crippen molar-refractivity contribution >= 4 is 11.4 Å². The fourth-order valence-electron chi connectivity index (χ4n) is 4.19. The number of alkyl halides is 3. The second-order valence-corrected chi connectivity index (χ2v) is 7.66. The van der Waals surface area contributed by atoms with E-state index in [4.69, 9.17) is 9.47 Å². The maximum absolute atomic E-state index is 15.0. The number of methoxy groups -OCH3 is 2. The monoisotopic (exact) mass is 479 g/mol. The van der Waals surface area contributed by atoms with Gasteiger partial charge in [0.15, 0.2) is 17.5 Å². The number of ether oxygens (including phenoxy) is 2. The number of benzene rings is 3. The molecule has 0 bridgehead atoms. The highest BCUT2D eigenvalue weighted by atomic mass is 35.5. The molecule has 8 heteroatoms. The van der Waals surface area contributed by atoms with Crippen LogP contribution in [0.15, 0.2) is 60.7 Å². The summed E-state index contributed by atoms with van der Waals surface area (Å²) in [5.41, 5.74) is 2.42. The van der Waals surface area contributed by atoms with Crippen LogP contribution >= 0.6 is 0 Å². The third-order valence-electron chi connectivity index (χ3n) is 5.66. The fourth-order valence-corrected chi connectivity index (χ4v) is 4.19. The van der Waals surface area contributed by atoms with Crippen molar-refractivity contribution in [2.75, 3.05) is 14.2 Å². The lowest BCUT2D eigenvalue weighted by Gasteiger charge is -2.25. The highest BCUT2D eigenvalue weighted by Gasteiger charge is 2.37. The Morgan fingerprint density at radius 2 is 1.48 bits per heavy atom. The van der Waals surface area contributed by atoms with Crippen molar-refractivity contribution in [3.63, 3.8) is 0 Å². The summed E-state index contributed by atoms with van der Waals surface area (Å²) in [5, 5.41) is 0. The first kappa shape index (κ1) is 24.6. The molecule has 1 aliphatic heterocycles. The normalized spacial score (nSPS) is 15.5. The molecule has 1 heterocycles. The molecular formula is C25H22ClF4NO2. The van der Waals surface area contributed by atoms with Crippen LogP contribution in [0.2, 0.25) is 0 Å². The largest absolute Gasteiger partial charge is 1.00 e. The zero-order chi connectivity index (χ0) is 23.0.